The van der Waals surface area contributed by atoms with Gasteiger partial charge in [0.1, 0.15) is 17.5 Å². The van der Waals surface area contributed by atoms with Crippen LogP contribution in [-0.2, 0) is 16.1 Å². The molecule has 5 rings (SSSR count). The summed E-state index contributed by atoms with van der Waals surface area (Å²) in [5.74, 6) is 0.627. The average molecular weight is 452 g/mol. The molecule has 7 nitrogen and oxygen atoms in total. The minimum absolute atomic E-state index is 0.0534. The van der Waals surface area contributed by atoms with Gasteiger partial charge in [0.2, 0.25) is 11.8 Å². The highest BCUT2D eigenvalue weighted by Crippen LogP contribution is 2.48. The Kier molecular flexibility index (Phi) is 4.88. The quantitative estimate of drug-likeness (QED) is 0.765. The predicted molar refractivity (Wildman–Crippen MR) is 117 cm³/mol. The SMILES string of the molecule is CC1(C)Oc2ccc(C#N)cc2[C@@H](OC2=NN(Cc3ccccc3Cl)C(=O)[C@H]3C[C@@H]23)[C@@H]1O. The van der Waals surface area contributed by atoms with Crippen molar-refractivity contribution in [1.82, 2.24) is 5.01 Å². The summed E-state index contributed by atoms with van der Waals surface area (Å²) in [6.07, 6.45) is -1.12. The number of fused-ring (bicyclic) bond motifs is 2. The highest BCUT2D eigenvalue weighted by atomic mass is 35.5. The first-order chi connectivity index (χ1) is 15.3. The van der Waals surface area contributed by atoms with Crippen LogP contribution in [0, 0.1) is 23.2 Å². The fourth-order valence-electron chi connectivity index (χ4n) is 4.26. The third-order valence-electron chi connectivity index (χ3n) is 6.24. The summed E-state index contributed by atoms with van der Waals surface area (Å²) in [5.41, 5.74) is 0.918. The Morgan fingerprint density at radius 3 is 2.84 bits per heavy atom. The van der Waals surface area contributed by atoms with Gasteiger partial charge in [-0.25, -0.2) is 5.01 Å². The van der Waals surface area contributed by atoms with Crippen LogP contribution in [0.5, 0.6) is 5.75 Å². The van der Waals surface area contributed by atoms with E-state index in [-0.39, 0.29) is 24.3 Å². The van der Waals surface area contributed by atoms with Crippen LogP contribution >= 0.6 is 11.6 Å². The molecular formula is C24H22ClN3O4. The molecule has 3 aliphatic rings. The Morgan fingerprint density at radius 2 is 2.09 bits per heavy atom. The smallest absolute Gasteiger partial charge is 0.247 e. The number of carbonyl (C=O) groups excluding carboxylic acids is 1. The molecule has 1 saturated carbocycles. The normalized spacial score (nSPS) is 27.4. The van der Waals surface area contributed by atoms with Crippen molar-refractivity contribution in [2.75, 3.05) is 0 Å². The summed E-state index contributed by atoms with van der Waals surface area (Å²) in [5, 5.41) is 26.8. The molecule has 1 N–H and O–H groups in total. The molecular weight excluding hydrogens is 430 g/mol. The van der Waals surface area contributed by atoms with Gasteiger partial charge in [-0.05, 0) is 50.1 Å². The number of aliphatic hydroxyl groups is 1. The molecule has 1 amide bonds. The molecule has 32 heavy (non-hydrogen) atoms. The van der Waals surface area contributed by atoms with Crippen LogP contribution in [0.4, 0.5) is 0 Å². The number of carbonyl (C=O) groups is 1. The summed E-state index contributed by atoms with van der Waals surface area (Å²) < 4.78 is 12.2. The van der Waals surface area contributed by atoms with E-state index in [2.05, 4.69) is 11.2 Å². The fraction of sp³-hybridized carbons (Fsp3) is 0.375. The molecule has 2 heterocycles. The number of benzene rings is 2. The molecule has 2 aromatic rings. The van der Waals surface area contributed by atoms with Crippen molar-refractivity contribution >= 4 is 23.4 Å². The maximum absolute atomic E-state index is 12.8. The summed E-state index contributed by atoms with van der Waals surface area (Å²) >= 11 is 6.27. The second-order valence-corrected chi connectivity index (χ2v) is 9.33. The Hall–Kier alpha value is -3.08. The summed E-state index contributed by atoms with van der Waals surface area (Å²) in [6, 6.07) is 14.5. The Bertz CT molecular complexity index is 1170. The number of halogens is 1. The molecule has 0 unspecified atom stereocenters. The van der Waals surface area contributed by atoms with Crippen molar-refractivity contribution in [3.05, 3.63) is 64.2 Å². The van der Waals surface area contributed by atoms with E-state index in [1.165, 1.54) is 5.01 Å². The Balaban J connectivity index is 1.48. The van der Waals surface area contributed by atoms with Crippen LogP contribution in [0.2, 0.25) is 5.02 Å². The number of nitriles is 1. The molecule has 1 aliphatic carbocycles. The number of hydrazone groups is 1. The molecule has 164 valence electrons. The van der Waals surface area contributed by atoms with Crippen molar-refractivity contribution in [1.29, 1.82) is 5.26 Å². The maximum atomic E-state index is 12.8. The number of nitrogens with zero attached hydrogens (tertiary/aromatic N) is 3. The van der Waals surface area contributed by atoms with Gasteiger partial charge in [0.05, 0.1) is 24.1 Å². The van der Waals surface area contributed by atoms with Crippen molar-refractivity contribution in [3.8, 4) is 11.8 Å². The number of ether oxygens (including phenoxy) is 2. The van der Waals surface area contributed by atoms with E-state index >= 15 is 0 Å². The number of rotatable bonds is 3. The van der Waals surface area contributed by atoms with Crippen molar-refractivity contribution < 1.29 is 19.4 Å². The minimum Gasteiger partial charge on any atom is -0.485 e. The van der Waals surface area contributed by atoms with E-state index < -0.39 is 17.8 Å². The van der Waals surface area contributed by atoms with Crippen molar-refractivity contribution in [3.63, 3.8) is 0 Å². The molecule has 2 aromatic carbocycles. The van der Waals surface area contributed by atoms with Crippen LogP contribution < -0.4 is 4.74 Å². The lowest BCUT2D eigenvalue weighted by Gasteiger charge is -2.42. The molecule has 0 spiro atoms. The van der Waals surface area contributed by atoms with Gasteiger partial charge in [-0.15, -0.1) is 5.10 Å². The van der Waals surface area contributed by atoms with Gasteiger partial charge < -0.3 is 14.6 Å². The Labute approximate surface area is 190 Å². The number of hydrogen-bond donors (Lipinski definition) is 1. The summed E-state index contributed by atoms with van der Waals surface area (Å²) in [4.78, 5) is 12.8. The number of amides is 1. The Morgan fingerprint density at radius 1 is 1.31 bits per heavy atom. The molecule has 0 bridgehead atoms. The largest absolute Gasteiger partial charge is 0.485 e. The summed E-state index contributed by atoms with van der Waals surface area (Å²) in [7, 11) is 0. The highest BCUT2D eigenvalue weighted by Gasteiger charge is 2.55. The third-order valence-corrected chi connectivity index (χ3v) is 6.61. The van der Waals surface area contributed by atoms with Crippen molar-refractivity contribution in [2.45, 2.75) is 44.6 Å². The molecule has 2 aliphatic heterocycles. The lowest BCUT2D eigenvalue weighted by molar-refractivity contribution is -0.135. The van der Waals surface area contributed by atoms with Crippen LogP contribution in [0.15, 0.2) is 47.6 Å². The van der Waals surface area contributed by atoms with E-state index in [4.69, 9.17) is 21.1 Å². The van der Waals surface area contributed by atoms with Gasteiger partial charge in [0, 0.05) is 16.5 Å². The number of hydrogen-bond acceptors (Lipinski definition) is 6. The molecule has 0 aromatic heterocycles. The second kappa shape index (κ2) is 7.51. The van der Waals surface area contributed by atoms with E-state index in [9.17, 15) is 15.2 Å². The molecule has 0 saturated heterocycles. The highest BCUT2D eigenvalue weighted by molar-refractivity contribution is 6.31. The predicted octanol–water partition coefficient (Wildman–Crippen LogP) is 3.79. The first-order valence-electron chi connectivity index (χ1n) is 10.5. The van der Waals surface area contributed by atoms with Gasteiger partial charge in [-0.1, -0.05) is 29.8 Å². The van der Waals surface area contributed by atoms with Gasteiger partial charge in [0.15, 0.2) is 6.10 Å². The van der Waals surface area contributed by atoms with Crippen molar-refractivity contribution in [2.24, 2.45) is 16.9 Å². The van der Waals surface area contributed by atoms with Gasteiger partial charge in [-0.3, -0.25) is 4.79 Å². The topological polar surface area (TPSA) is 95.2 Å². The van der Waals surface area contributed by atoms with E-state index in [1.54, 1.807) is 38.1 Å². The van der Waals surface area contributed by atoms with E-state index in [0.29, 0.717) is 34.2 Å². The lowest BCUT2D eigenvalue weighted by Crippen LogP contribution is -2.50. The van der Waals surface area contributed by atoms with Crippen LogP contribution in [0.1, 0.15) is 43.1 Å². The average Bonchev–Trinajstić information content (AvgIpc) is 3.57. The van der Waals surface area contributed by atoms with Crippen LogP contribution in [0.3, 0.4) is 0 Å². The maximum Gasteiger partial charge on any atom is 0.247 e. The fourth-order valence-corrected chi connectivity index (χ4v) is 4.45. The molecule has 1 fully saturated rings. The van der Waals surface area contributed by atoms with E-state index in [0.717, 1.165) is 5.56 Å². The first-order valence-corrected chi connectivity index (χ1v) is 10.9. The summed E-state index contributed by atoms with van der Waals surface area (Å²) in [6.45, 7) is 3.81. The molecule has 8 heteroatoms. The monoisotopic (exact) mass is 451 g/mol. The standard InChI is InChI=1S/C24H22ClN3O4/c1-24(2)21(29)20(17-9-13(11-26)7-8-19(17)32-24)31-22-15-10-16(15)23(30)28(27-22)12-14-5-3-4-6-18(14)25/h3-9,15-16,20-21,29H,10,12H2,1-2H3/t15-,16+,20-,21+/m1/s1. The molecule has 0 radical (unpaired) electrons. The first kappa shape index (κ1) is 20.8. The molecule has 4 atom stereocenters. The second-order valence-electron chi connectivity index (χ2n) is 8.93. The van der Waals surface area contributed by atoms with Crippen LogP contribution in [-0.4, -0.2) is 33.6 Å². The van der Waals surface area contributed by atoms with Gasteiger partial charge in [-0.2, -0.15) is 5.26 Å². The van der Waals surface area contributed by atoms with Gasteiger partial charge >= 0.3 is 0 Å². The van der Waals surface area contributed by atoms with E-state index in [1.807, 2.05) is 18.2 Å². The minimum atomic E-state index is -1.00. The third kappa shape index (κ3) is 3.50. The zero-order chi connectivity index (χ0) is 22.6. The van der Waals surface area contributed by atoms with Crippen LogP contribution in [0.25, 0.3) is 0 Å². The lowest BCUT2D eigenvalue weighted by atomic mass is 9.87. The zero-order valence-electron chi connectivity index (χ0n) is 17.7. The van der Waals surface area contributed by atoms with Gasteiger partial charge in [0.25, 0.3) is 0 Å². The number of aliphatic hydroxyl groups excluding tert-OH is 1. The zero-order valence-corrected chi connectivity index (χ0v) is 18.4.